The maximum atomic E-state index is 13.0. The number of amides is 2. The average Bonchev–Trinajstić information content (AvgIpc) is 2.68. The maximum absolute atomic E-state index is 13.0. The number of benzene rings is 3. The second-order valence-electron chi connectivity index (χ2n) is 6.59. The number of nitrogens with zero attached hydrogens (tertiary/aromatic N) is 1. The number of nitrogens with one attached hydrogen (secondary N) is 1. The average molecular weight is 449 g/mol. The lowest BCUT2D eigenvalue weighted by Crippen LogP contribution is -2.45. The number of fused-ring (bicyclic) bond motifs is 2. The Morgan fingerprint density at radius 1 is 1.03 bits per heavy atom. The van der Waals surface area contributed by atoms with Gasteiger partial charge >= 0.3 is 0 Å². The van der Waals surface area contributed by atoms with Crippen LogP contribution in [0.4, 0.5) is 5.69 Å². The van der Waals surface area contributed by atoms with Gasteiger partial charge in [0.15, 0.2) is 0 Å². The molecule has 1 heterocycles. The van der Waals surface area contributed by atoms with Crippen molar-refractivity contribution in [2.45, 2.75) is 10.8 Å². The predicted octanol–water partition coefficient (Wildman–Crippen LogP) is 4.03. The number of rotatable bonds is 2. The van der Waals surface area contributed by atoms with Crippen molar-refractivity contribution in [1.29, 1.82) is 0 Å². The molecule has 0 aliphatic carbocycles. The summed E-state index contributed by atoms with van der Waals surface area (Å²) < 4.78 is 26.2. The van der Waals surface area contributed by atoms with Crippen LogP contribution in [0, 0.1) is 0 Å². The van der Waals surface area contributed by atoms with Crippen LogP contribution in [-0.2, 0) is 19.6 Å². The number of likely N-dealkylation sites (N-methyl/N-ethyl adjacent to an activating group) is 1. The van der Waals surface area contributed by atoms with Crippen LogP contribution in [0.25, 0.3) is 10.8 Å². The van der Waals surface area contributed by atoms with Gasteiger partial charge in [-0.05, 0) is 46.7 Å². The number of carbonyl (C=O) groups is 2. The summed E-state index contributed by atoms with van der Waals surface area (Å²) in [6.45, 7) is 0. The molecule has 1 aliphatic heterocycles. The molecule has 3 aromatic rings. The van der Waals surface area contributed by atoms with E-state index < -0.39 is 27.8 Å². The van der Waals surface area contributed by atoms with E-state index in [4.69, 9.17) is 23.2 Å². The van der Waals surface area contributed by atoms with Crippen LogP contribution in [0.2, 0.25) is 10.0 Å². The Morgan fingerprint density at radius 3 is 2.38 bits per heavy atom. The first-order chi connectivity index (χ1) is 13.7. The lowest BCUT2D eigenvalue weighted by atomic mass is 9.94. The summed E-state index contributed by atoms with van der Waals surface area (Å²) in [5.74, 6) is -2.89. The van der Waals surface area contributed by atoms with Gasteiger partial charge in [-0.3, -0.25) is 9.59 Å². The van der Waals surface area contributed by atoms with Gasteiger partial charge in [-0.1, -0.05) is 47.5 Å². The predicted molar refractivity (Wildman–Crippen MR) is 112 cm³/mol. The van der Waals surface area contributed by atoms with Gasteiger partial charge in [0.2, 0.25) is 5.91 Å². The third-order valence-corrected chi connectivity index (χ3v) is 7.21. The zero-order chi connectivity index (χ0) is 20.9. The largest absolute Gasteiger partial charge is 0.324 e. The molecule has 0 saturated carbocycles. The third-order valence-electron chi connectivity index (χ3n) is 4.83. The molecule has 1 unspecified atom stereocenters. The molecule has 148 valence electrons. The highest BCUT2D eigenvalue weighted by atomic mass is 35.5. The minimum atomic E-state index is -4.06. The molecule has 0 saturated heterocycles. The number of carbonyl (C=O) groups excluding carboxylic acids is 2. The molecule has 0 fully saturated rings. The monoisotopic (exact) mass is 448 g/mol. The number of sulfonamides is 1. The fraction of sp³-hybridized carbons (Fsp3) is 0.100. The lowest BCUT2D eigenvalue weighted by molar-refractivity contribution is -0.132. The highest BCUT2D eigenvalue weighted by Gasteiger charge is 2.44. The molecule has 9 heteroatoms. The number of anilines is 1. The normalized spacial score (nSPS) is 17.8. The van der Waals surface area contributed by atoms with Crippen molar-refractivity contribution in [3.05, 3.63) is 70.2 Å². The van der Waals surface area contributed by atoms with E-state index >= 15 is 0 Å². The Kier molecular flexibility index (Phi) is 4.77. The van der Waals surface area contributed by atoms with E-state index in [1.54, 1.807) is 36.4 Å². The zero-order valence-corrected chi connectivity index (χ0v) is 17.3. The van der Waals surface area contributed by atoms with Crippen LogP contribution < -0.4 is 5.32 Å². The Bertz CT molecular complexity index is 1290. The number of hydrogen-bond acceptors (Lipinski definition) is 4. The second kappa shape index (κ2) is 7.02. The van der Waals surface area contributed by atoms with E-state index in [0.717, 1.165) is 12.4 Å². The molecule has 2 amide bonds. The standard InChI is InChI=1S/C20H14Cl2N2O4S/c1-24-20(26)18(19(25)23-16-10-13(21)6-7-15(16)22)14-8-11-4-2-3-5-12(11)9-17(14)29(24,27)28/h2-10,18H,1H3,(H,23,25). The van der Waals surface area contributed by atoms with Crippen molar-refractivity contribution >= 4 is 61.5 Å². The van der Waals surface area contributed by atoms with E-state index in [0.29, 0.717) is 14.7 Å². The molecule has 1 aliphatic rings. The molecule has 3 aromatic carbocycles. The topological polar surface area (TPSA) is 83.6 Å². The minimum absolute atomic E-state index is 0.0735. The Balaban J connectivity index is 1.87. The molecule has 0 aromatic heterocycles. The Labute approximate surface area is 177 Å². The van der Waals surface area contributed by atoms with Crippen molar-refractivity contribution in [3.8, 4) is 0 Å². The lowest BCUT2D eigenvalue weighted by Gasteiger charge is -2.30. The highest BCUT2D eigenvalue weighted by molar-refractivity contribution is 7.89. The van der Waals surface area contributed by atoms with Gasteiger partial charge < -0.3 is 5.32 Å². The molecule has 0 radical (unpaired) electrons. The molecule has 29 heavy (non-hydrogen) atoms. The molecule has 6 nitrogen and oxygen atoms in total. The smallest absolute Gasteiger partial charge is 0.266 e. The van der Waals surface area contributed by atoms with Crippen molar-refractivity contribution in [2.75, 3.05) is 12.4 Å². The van der Waals surface area contributed by atoms with E-state index in [-0.39, 0.29) is 21.2 Å². The maximum Gasteiger partial charge on any atom is 0.266 e. The molecule has 1 N–H and O–H groups in total. The van der Waals surface area contributed by atoms with Crippen molar-refractivity contribution < 1.29 is 18.0 Å². The summed E-state index contributed by atoms with van der Waals surface area (Å²) in [4.78, 5) is 25.8. The Hall–Kier alpha value is -2.61. The summed E-state index contributed by atoms with van der Waals surface area (Å²) in [6.07, 6.45) is 0. The quantitative estimate of drug-likeness (QED) is 0.599. The SMILES string of the molecule is CN1C(=O)C(C(=O)Nc2cc(Cl)ccc2Cl)c2cc3ccccc3cc2S1(=O)=O. The Morgan fingerprint density at radius 2 is 1.69 bits per heavy atom. The zero-order valence-electron chi connectivity index (χ0n) is 15.0. The minimum Gasteiger partial charge on any atom is -0.324 e. The first-order valence-electron chi connectivity index (χ1n) is 8.51. The van der Waals surface area contributed by atoms with Crippen LogP contribution in [0.1, 0.15) is 11.5 Å². The van der Waals surface area contributed by atoms with Gasteiger partial charge in [-0.25, -0.2) is 12.7 Å². The summed E-state index contributed by atoms with van der Waals surface area (Å²) in [7, 11) is -2.92. The summed E-state index contributed by atoms with van der Waals surface area (Å²) in [5.41, 5.74) is 0.359. The number of hydrogen-bond donors (Lipinski definition) is 1. The first kappa shape index (κ1) is 19.7. The molecular formula is C20H14Cl2N2O4S. The fourth-order valence-corrected chi connectivity index (χ4v) is 5.04. The van der Waals surface area contributed by atoms with Gasteiger partial charge in [-0.2, -0.15) is 0 Å². The summed E-state index contributed by atoms with van der Waals surface area (Å²) in [6, 6.07) is 14.7. The van der Waals surface area contributed by atoms with Gasteiger partial charge in [0.05, 0.1) is 15.6 Å². The van der Waals surface area contributed by atoms with E-state index in [2.05, 4.69) is 5.32 Å². The molecule has 4 rings (SSSR count). The van der Waals surface area contributed by atoms with Gasteiger partial charge in [-0.15, -0.1) is 0 Å². The highest BCUT2D eigenvalue weighted by Crippen LogP contribution is 2.38. The third kappa shape index (κ3) is 3.25. The van der Waals surface area contributed by atoms with E-state index in [9.17, 15) is 18.0 Å². The second-order valence-corrected chi connectivity index (χ2v) is 9.38. The van der Waals surface area contributed by atoms with Crippen LogP contribution in [-0.4, -0.2) is 31.6 Å². The van der Waals surface area contributed by atoms with Gasteiger partial charge in [0.25, 0.3) is 15.9 Å². The van der Waals surface area contributed by atoms with Gasteiger partial charge in [0, 0.05) is 12.1 Å². The van der Waals surface area contributed by atoms with Crippen LogP contribution in [0.3, 0.4) is 0 Å². The molecular weight excluding hydrogens is 435 g/mol. The fourth-order valence-electron chi connectivity index (χ4n) is 3.32. The molecule has 0 spiro atoms. The summed E-state index contributed by atoms with van der Waals surface area (Å²) >= 11 is 12.1. The van der Waals surface area contributed by atoms with Crippen LogP contribution in [0.15, 0.2) is 59.5 Å². The van der Waals surface area contributed by atoms with E-state index in [1.165, 1.54) is 18.2 Å². The molecule has 0 bridgehead atoms. The summed E-state index contributed by atoms with van der Waals surface area (Å²) in [5, 5.41) is 4.59. The van der Waals surface area contributed by atoms with Crippen molar-refractivity contribution in [1.82, 2.24) is 4.31 Å². The van der Waals surface area contributed by atoms with Gasteiger partial charge in [0.1, 0.15) is 5.92 Å². The first-order valence-corrected chi connectivity index (χ1v) is 10.7. The van der Waals surface area contributed by atoms with Crippen LogP contribution >= 0.6 is 23.2 Å². The van der Waals surface area contributed by atoms with Crippen molar-refractivity contribution in [2.24, 2.45) is 0 Å². The van der Waals surface area contributed by atoms with E-state index in [1.807, 2.05) is 0 Å². The molecule has 1 atom stereocenters. The number of halogens is 2. The van der Waals surface area contributed by atoms with Crippen LogP contribution in [0.5, 0.6) is 0 Å². The van der Waals surface area contributed by atoms with Crippen molar-refractivity contribution in [3.63, 3.8) is 0 Å².